The van der Waals surface area contributed by atoms with Gasteiger partial charge in [0.25, 0.3) is 0 Å². The molecule has 0 aliphatic carbocycles. The quantitative estimate of drug-likeness (QED) is 0.331. The second-order valence-electron chi connectivity index (χ2n) is 5.78. The van der Waals surface area contributed by atoms with Crippen molar-refractivity contribution in [3.05, 3.63) is 0 Å². The van der Waals surface area contributed by atoms with Gasteiger partial charge >= 0.3 is 42.0 Å². The lowest BCUT2D eigenvalue weighted by molar-refractivity contribution is -0.430. The molecule has 27 heavy (non-hydrogen) atoms. The summed E-state index contributed by atoms with van der Waals surface area (Å²) in [5.41, 5.74) is -5.87. The van der Waals surface area contributed by atoms with Crippen LogP contribution < -0.4 is 0 Å². The molecule has 0 aromatic carbocycles. The first kappa shape index (κ1) is 20.1. The summed E-state index contributed by atoms with van der Waals surface area (Å²) in [6, 6.07) is 0. The number of hydrogen-bond acceptors (Lipinski definition) is 12. The van der Waals surface area contributed by atoms with Crippen LogP contribution in [0.3, 0.4) is 0 Å². The van der Waals surface area contributed by atoms with Crippen molar-refractivity contribution in [2.45, 2.75) is 43.0 Å². The molecule has 148 valence electrons. The fourth-order valence-electron chi connectivity index (χ4n) is 2.28. The van der Waals surface area contributed by atoms with Gasteiger partial charge < -0.3 is 39.4 Å². The van der Waals surface area contributed by atoms with Gasteiger partial charge in [0.1, 0.15) is 0 Å². The second-order valence-corrected chi connectivity index (χ2v) is 5.78. The summed E-state index contributed by atoms with van der Waals surface area (Å²) >= 11 is 0. The van der Waals surface area contributed by atoms with E-state index in [-0.39, 0.29) is 0 Å². The van der Waals surface area contributed by atoms with E-state index in [0.717, 1.165) is 0 Å². The van der Waals surface area contributed by atoms with Crippen molar-refractivity contribution in [1.29, 1.82) is 0 Å². The van der Waals surface area contributed by atoms with Crippen LogP contribution in [0.5, 0.6) is 0 Å². The Morgan fingerprint density at radius 2 is 1.41 bits per heavy atom. The summed E-state index contributed by atoms with van der Waals surface area (Å²) in [6.07, 6.45) is -8.56. The summed E-state index contributed by atoms with van der Waals surface area (Å²) in [5, 5.41) is 37.6. The molecule has 0 radical (unpaired) electrons. The second kappa shape index (κ2) is 6.48. The fourth-order valence-corrected chi connectivity index (χ4v) is 2.28. The molecule has 0 aromatic rings. The molecule has 0 spiro atoms. The molecular formula is C13H12O14. The molecule has 0 amide bonds. The Morgan fingerprint density at radius 1 is 0.963 bits per heavy atom. The average Bonchev–Trinajstić information content (AvgIpc) is 2.56. The molecule has 2 aliphatic heterocycles. The summed E-state index contributed by atoms with van der Waals surface area (Å²) in [4.78, 5) is 69.1. The van der Waals surface area contributed by atoms with Crippen LogP contribution in [0.25, 0.3) is 0 Å². The summed E-state index contributed by atoms with van der Waals surface area (Å²) in [7, 11) is 0. The standard InChI is InChI=1S/C13H12O14/c14-5(15)1-11(22,2-6(16)17)9(20)26-13-24-7(18)3-12(23,10(21)27-13)4-8(19)25-13/h22-23H,1-4H2,(H,14,15)(H,16,17). The molecule has 2 saturated heterocycles. The van der Waals surface area contributed by atoms with Gasteiger partial charge in [0.2, 0.25) is 0 Å². The van der Waals surface area contributed by atoms with Crippen molar-refractivity contribution in [3.63, 3.8) is 0 Å². The molecule has 0 aromatic heterocycles. The number of aliphatic carboxylic acids is 2. The Hall–Kier alpha value is -3.26. The zero-order valence-corrected chi connectivity index (χ0v) is 13.2. The first-order valence-electron chi connectivity index (χ1n) is 7.08. The number of aliphatic hydroxyl groups is 2. The first-order chi connectivity index (χ1) is 12.3. The van der Waals surface area contributed by atoms with Gasteiger partial charge in [-0.3, -0.25) is 19.2 Å². The zero-order chi connectivity index (χ0) is 20.6. The molecule has 2 bridgehead atoms. The average molecular weight is 392 g/mol. The molecule has 4 N–H and O–H groups in total. The van der Waals surface area contributed by atoms with Gasteiger partial charge in [-0.05, 0) is 0 Å². The number of ether oxygens (including phenoxy) is 4. The van der Waals surface area contributed by atoms with E-state index < -0.39 is 78.9 Å². The Balaban J connectivity index is 2.39. The number of carbonyl (C=O) groups excluding carboxylic acids is 4. The SMILES string of the molecule is O=C(O)CC(O)(CC(=O)O)C(=O)OC12OC(=O)CC(O)(CC(=O)O1)C(=O)O2. The lowest BCUT2D eigenvalue weighted by Crippen LogP contribution is -2.52. The molecule has 14 nitrogen and oxygen atoms in total. The van der Waals surface area contributed by atoms with Crippen LogP contribution in [-0.4, -0.2) is 73.6 Å². The first-order valence-corrected chi connectivity index (χ1v) is 7.08. The highest BCUT2D eigenvalue weighted by molar-refractivity contribution is 5.94. The van der Waals surface area contributed by atoms with Crippen molar-refractivity contribution in [2.75, 3.05) is 0 Å². The Kier molecular flexibility index (Phi) is 4.81. The van der Waals surface area contributed by atoms with Crippen molar-refractivity contribution in [3.8, 4) is 0 Å². The highest BCUT2D eigenvalue weighted by Gasteiger charge is 2.63. The van der Waals surface area contributed by atoms with E-state index >= 15 is 0 Å². The van der Waals surface area contributed by atoms with E-state index in [9.17, 15) is 39.0 Å². The third-order valence-electron chi connectivity index (χ3n) is 3.43. The fraction of sp³-hybridized carbons (Fsp3) is 0.538. The van der Waals surface area contributed by atoms with Crippen LogP contribution in [0.2, 0.25) is 0 Å². The smallest absolute Gasteiger partial charge is 0.481 e. The topological polar surface area (TPSA) is 220 Å². The lowest BCUT2D eigenvalue weighted by atomic mass is 9.96. The lowest BCUT2D eigenvalue weighted by Gasteiger charge is -2.30. The Labute approximate surface area is 148 Å². The van der Waals surface area contributed by atoms with Crippen LogP contribution in [0, 0.1) is 0 Å². The van der Waals surface area contributed by atoms with Gasteiger partial charge in [-0.25, -0.2) is 9.59 Å². The van der Waals surface area contributed by atoms with Crippen molar-refractivity contribution in [2.24, 2.45) is 0 Å². The molecule has 0 unspecified atom stereocenters. The Bertz CT molecular complexity index is 699. The van der Waals surface area contributed by atoms with E-state index in [1.165, 1.54) is 0 Å². The van der Waals surface area contributed by atoms with Crippen molar-refractivity contribution >= 4 is 35.8 Å². The van der Waals surface area contributed by atoms with Gasteiger partial charge in [0, 0.05) is 0 Å². The largest absolute Gasteiger partial charge is 0.619 e. The third kappa shape index (κ3) is 4.12. The van der Waals surface area contributed by atoms with Gasteiger partial charge in [0.15, 0.2) is 11.2 Å². The van der Waals surface area contributed by atoms with E-state index in [1.54, 1.807) is 0 Å². The minimum atomic E-state index is -3.51. The van der Waals surface area contributed by atoms with E-state index in [2.05, 4.69) is 18.9 Å². The summed E-state index contributed by atoms with van der Waals surface area (Å²) in [6.45, 7) is 0. The van der Waals surface area contributed by atoms with Crippen LogP contribution >= 0.6 is 0 Å². The van der Waals surface area contributed by atoms with E-state index in [1.807, 2.05) is 0 Å². The van der Waals surface area contributed by atoms with E-state index in [4.69, 9.17) is 10.2 Å². The number of hydrogen-bond donors (Lipinski definition) is 4. The van der Waals surface area contributed by atoms with Crippen LogP contribution in [0.4, 0.5) is 0 Å². The molecule has 2 aliphatic rings. The van der Waals surface area contributed by atoms with Gasteiger partial charge in [-0.2, -0.15) is 0 Å². The molecular weight excluding hydrogens is 380 g/mol. The third-order valence-corrected chi connectivity index (χ3v) is 3.43. The van der Waals surface area contributed by atoms with Crippen LogP contribution in [0.15, 0.2) is 0 Å². The summed E-state index contributed by atoms with van der Waals surface area (Å²) in [5.74, 6) is -10.1. The zero-order valence-electron chi connectivity index (χ0n) is 13.2. The summed E-state index contributed by atoms with van der Waals surface area (Å²) < 4.78 is 17.6. The molecule has 2 heterocycles. The van der Waals surface area contributed by atoms with Gasteiger partial charge in [-0.1, -0.05) is 0 Å². The molecule has 0 atom stereocenters. The number of carboxylic acid groups (broad SMARTS) is 2. The minimum Gasteiger partial charge on any atom is -0.481 e. The maximum Gasteiger partial charge on any atom is 0.619 e. The van der Waals surface area contributed by atoms with Gasteiger partial charge in [-0.15, -0.1) is 0 Å². The number of fused-ring (bicyclic) bond motifs is 3. The monoisotopic (exact) mass is 392 g/mol. The molecule has 2 rings (SSSR count). The maximum atomic E-state index is 12.2. The van der Waals surface area contributed by atoms with Gasteiger partial charge in [0.05, 0.1) is 25.7 Å². The molecule has 14 heteroatoms. The maximum absolute atomic E-state index is 12.2. The number of esters is 4. The highest BCUT2D eigenvalue weighted by Crippen LogP contribution is 2.36. The van der Waals surface area contributed by atoms with Crippen LogP contribution in [0.1, 0.15) is 25.7 Å². The minimum absolute atomic E-state index is 1.06. The predicted octanol–water partition coefficient (Wildman–Crippen LogP) is -3.01. The van der Waals surface area contributed by atoms with Crippen molar-refractivity contribution < 1.29 is 68.1 Å². The Morgan fingerprint density at radius 3 is 1.81 bits per heavy atom. The molecule has 2 fully saturated rings. The predicted molar refractivity (Wildman–Crippen MR) is 70.7 cm³/mol. The van der Waals surface area contributed by atoms with Crippen LogP contribution in [-0.2, 0) is 47.7 Å². The number of carbonyl (C=O) groups is 6. The number of rotatable bonds is 6. The van der Waals surface area contributed by atoms with E-state index in [0.29, 0.717) is 0 Å². The normalized spacial score (nSPS) is 27.6. The van der Waals surface area contributed by atoms with Crippen molar-refractivity contribution in [1.82, 2.24) is 0 Å². The highest BCUT2D eigenvalue weighted by atomic mass is 17.0. The molecule has 0 saturated carbocycles. The number of carboxylic acids is 2.